The van der Waals surface area contributed by atoms with Gasteiger partial charge in [-0.05, 0) is 31.2 Å². The second-order valence-corrected chi connectivity index (χ2v) is 4.61. The van der Waals surface area contributed by atoms with Crippen LogP contribution in [0.5, 0.6) is 0 Å². The third kappa shape index (κ3) is 3.85. The zero-order valence-corrected chi connectivity index (χ0v) is 11.8. The molecule has 1 aromatic carbocycles. The van der Waals surface area contributed by atoms with Crippen LogP contribution in [0.2, 0.25) is 0 Å². The fourth-order valence-electron chi connectivity index (χ4n) is 1.91. The number of carbonyl (C=O) groups excluding carboxylic acids is 1. The number of furan rings is 1. The van der Waals surface area contributed by atoms with Crippen molar-refractivity contribution < 1.29 is 19.1 Å². The molecule has 0 bridgehead atoms. The van der Waals surface area contributed by atoms with Crippen molar-refractivity contribution in [3.8, 4) is 0 Å². The van der Waals surface area contributed by atoms with E-state index in [4.69, 9.17) is 9.52 Å². The molecule has 2 aromatic rings. The zero-order chi connectivity index (χ0) is 15.4. The molecule has 0 fully saturated rings. The van der Waals surface area contributed by atoms with Crippen LogP contribution >= 0.6 is 0 Å². The summed E-state index contributed by atoms with van der Waals surface area (Å²) in [6, 6.07) is 8.77. The fraction of sp³-hybridized carbons (Fsp3) is 0.200. The lowest BCUT2D eigenvalue weighted by molar-refractivity contribution is -0.114. The van der Waals surface area contributed by atoms with E-state index in [2.05, 4.69) is 10.6 Å². The number of benzene rings is 1. The number of nitrogens with one attached hydrogen (secondary N) is 2. The van der Waals surface area contributed by atoms with E-state index in [1.54, 1.807) is 19.1 Å². The first kappa shape index (κ1) is 14.6. The van der Waals surface area contributed by atoms with Crippen LogP contribution in [0.25, 0.3) is 0 Å². The lowest BCUT2D eigenvalue weighted by atomic mass is 10.2. The maximum absolute atomic E-state index is 11.0. The molecule has 0 aliphatic carbocycles. The highest BCUT2D eigenvalue weighted by atomic mass is 16.4. The molecule has 0 spiro atoms. The molecule has 21 heavy (non-hydrogen) atoms. The Hall–Kier alpha value is -2.76. The standard InChI is InChI=1S/C15H16N2O4/c1-9-11(6-14(21-9)15(19)20)8-16-12-4-3-5-13(7-12)17-10(2)18/h3-7,16H,8H2,1-2H3,(H,17,18)(H,19,20). The zero-order valence-electron chi connectivity index (χ0n) is 11.8. The number of rotatable bonds is 5. The number of aryl methyl sites for hydroxylation is 1. The van der Waals surface area contributed by atoms with Crippen LogP contribution in [0.1, 0.15) is 28.8 Å². The number of carbonyl (C=O) groups is 2. The van der Waals surface area contributed by atoms with Crippen LogP contribution in [0.15, 0.2) is 34.7 Å². The quantitative estimate of drug-likeness (QED) is 0.787. The highest BCUT2D eigenvalue weighted by Crippen LogP contribution is 2.19. The van der Waals surface area contributed by atoms with Crippen molar-refractivity contribution in [1.82, 2.24) is 0 Å². The minimum absolute atomic E-state index is 0.0729. The average molecular weight is 288 g/mol. The van der Waals surface area contributed by atoms with Crippen LogP contribution in [0.3, 0.4) is 0 Å². The van der Waals surface area contributed by atoms with Crippen LogP contribution < -0.4 is 10.6 Å². The highest BCUT2D eigenvalue weighted by molar-refractivity contribution is 5.89. The van der Waals surface area contributed by atoms with Gasteiger partial charge < -0.3 is 20.2 Å². The molecule has 1 heterocycles. The molecule has 0 radical (unpaired) electrons. The van der Waals surface area contributed by atoms with E-state index in [1.165, 1.54) is 13.0 Å². The molecule has 2 rings (SSSR count). The summed E-state index contributed by atoms with van der Waals surface area (Å²) in [7, 11) is 0. The molecule has 1 aromatic heterocycles. The Morgan fingerprint density at radius 3 is 2.57 bits per heavy atom. The van der Waals surface area contributed by atoms with Gasteiger partial charge in [-0.15, -0.1) is 0 Å². The van der Waals surface area contributed by atoms with Crippen LogP contribution in [0.4, 0.5) is 11.4 Å². The minimum atomic E-state index is -1.09. The molecular formula is C15H16N2O4. The topological polar surface area (TPSA) is 91.6 Å². The van der Waals surface area contributed by atoms with E-state index in [9.17, 15) is 9.59 Å². The number of hydrogen-bond acceptors (Lipinski definition) is 4. The second kappa shape index (κ2) is 6.13. The van der Waals surface area contributed by atoms with Crippen molar-refractivity contribution in [2.24, 2.45) is 0 Å². The Morgan fingerprint density at radius 1 is 1.24 bits per heavy atom. The smallest absolute Gasteiger partial charge is 0.371 e. The highest BCUT2D eigenvalue weighted by Gasteiger charge is 2.12. The van der Waals surface area contributed by atoms with Crippen LogP contribution in [0, 0.1) is 6.92 Å². The fourth-order valence-corrected chi connectivity index (χ4v) is 1.91. The molecule has 6 heteroatoms. The number of aromatic carboxylic acids is 1. The maximum Gasteiger partial charge on any atom is 0.371 e. The molecule has 3 N–H and O–H groups in total. The molecule has 110 valence electrons. The van der Waals surface area contributed by atoms with Gasteiger partial charge in [-0.3, -0.25) is 4.79 Å². The molecule has 0 atom stereocenters. The molecule has 0 saturated heterocycles. The molecule has 6 nitrogen and oxygen atoms in total. The lowest BCUT2D eigenvalue weighted by Crippen LogP contribution is -2.06. The number of anilines is 2. The van der Waals surface area contributed by atoms with Crippen molar-refractivity contribution in [2.45, 2.75) is 20.4 Å². The number of amides is 1. The summed E-state index contributed by atoms with van der Waals surface area (Å²) < 4.78 is 5.14. The van der Waals surface area contributed by atoms with Gasteiger partial charge in [0, 0.05) is 30.4 Å². The number of carboxylic acid groups (broad SMARTS) is 1. The van der Waals surface area contributed by atoms with Gasteiger partial charge in [0.2, 0.25) is 11.7 Å². The monoisotopic (exact) mass is 288 g/mol. The Balaban J connectivity index is 2.06. The molecule has 0 unspecified atom stereocenters. The van der Waals surface area contributed by atoms with Crippen molar-refractivity contribution in [1.29, 1.82) is 0 Å². The minimum Gasteiger partial charge on any atom is -0.475 e. The van der Waals surface area contributed by atoms with Gasteiger partial charge in [0.25, 0.3) is 0 Å². The van der Waals surface area contributed by atoms with Crippen LogP contribution in [-0.4, -0.2) is 17.0 Å². The second-order valence-electron chi connectivity index (χ2n) is 4.61. The average Bonchev–Trinajstić information content (AvgIpc) is 2.78. The first-order valence-corrected chi connectivity index (χ1v) is 6.40. The third-order valence-corrected chi connectivity index (χ3v) is 2.90. The predicted octanol–water partition coefficient (Wildman–Crippen LogP) is 2.86. The van der Waals surface area contributed by atoms with Crippen molar-refractivity contribution in [2.75, 3.05) is 10.6 Å². The summed E-state index contributed by atoms with van der Waals surface area (Å²) in [4.78, 5) is 21.8. The van der Waals surface area contributed by atoms with E-state index < -0.39 is 5.97 Å². The van der Waals surface area contributed by atoms with Gasteiger partial charge >= 0.3 is 5.97 Å². The molecule has 0 aliphatic heterocycles. The van der Waals surface area contributed by atoms with Gasteiger partial charge in [0.1, 0.15) is 5.76 Å². The third-order valence-electron chi connectivity index (χ3n) is 2.90. The van der Waals surface area contributed by atoms with Crippen molar-refractivity contribution in [3.63, 3.8) is 0 Å². The van der Waals surface area contributed by atoms with E-state index >= 15 is 0 Å². The summed E-state index contributed by atoms with van der Waals surface area (Å²) in [5, 5.41) is 14.7. The van der Waals surface area contributed by atoms with E-state index in [-0.39, 0.29) is 11.7 Å². The van der Waals surface area contributed by atoms with Gasteiger partial charge in [-0.1, -0.05) is 6.07 Å². The van der Waals surface area contributed by atoms with Crippen molar-refractivity contribution in [3.05, 3.63) is 47.4 Å². The Bertz CT molecular complexity index is 676. The van der Waals surface area contributed by atoms with E-state index in [1.807, 2.05) is 12.1 Å². The summed E-state index contributed by atoms with van der Waals surface area (Å²) in [6.45, 7) is 3.60. The Morgan fingerprint density at radius 2 is 1.95 bits per heavy atom. The lowest BCUT2D eigenvalue weighted by Gasteiger charge is -2.08. The first-order valence-electron chi connectivity index (χ1n) is 6.40. The summed E-state index contributed by atoms with van der Waals surface area (Å²) in [5.74, 6) is -0.727. The summed E-state index contributed by atoms with van der Waals surface area (Å²) in [5.41, 5.74) is 2.29. The SMILES string of the molecule is CC(=O)Nc1cccc(NCc2cc(C(=O)O)oc2C)c1. The van der Waals surface area contributed by atoms with Gasteiger partial charge in [0.15, 0.2) is 0 Å². The van der Waals surface area contributed by atoms with Gasteiger partial charge in [0.05, 0.1) is 0 Å². The summed E-state index contributed by atoms with van der Waals surface area (Å²) in [6.07, 6.45) is 0. The number of carboxylic acids is 1. The van der Waals surface area contributed by atoms with Crippen LogP contribution in [-0.2, 0) is 11.3 Å². The summed E-state index contributed by atoms with van der Waals surface area (Å²) >= 11 is 0. The normalized spacial score (nSPS) is 10.2. The largest absolute Gasteiger partial charge is 0.475 e. The van der Waals surface area contributed by atoms with Crippen molar-refractivity contribution >= 4 is 23.3 Å². The van der Waals surface area contributed by atoms with Gasteiger partial charge in [-0.25, -0.2) is 4.79 Å². The van der Waals surface area contributed by atoms with E-state index in [0.717, 1.165) is 11.3 Å². The molecule has 0 saturated carbocycles. The Labute approximate surface area is 121 Å². The maximum atomic E-state index is 11.0. The number of hydrogen-bond donors (Lipinski definition) is 3. The van der Waals surface area contributed by atoms with E-state index in [0.29, 0.717) is 18.0 Å². The molecular weight excluding hydrogens is 272 g/mol. The molecule has 0 aliphatic rings. The van der Waals surface area contributed by atoms with Gasteiger partial charge in [-0.2, -0.15) is 0 Å². The molecule has 1 amide bonds. The Kier molecular flexibility index (Phi) is 4.27. The predicted molar refractivity (Wildman–Crippen MR) is 78.5 cm³/mol. The first-order chi connectivity index (χ1) is 9.95.